The lowest BCUT2D eigenvalue weighted by Gasteiger charge is -2.32. The predicted octanol–water partition coefficient (Wildman–Crippen LogP) is 3.04. The van der Waals surface area contributed by atoms with Crippen LogP contribution in [0.3, 0.4) is 0 Å². The zero-order chi connectivity index (χ0) is 17.9. The van der Waals surface area contributed by atoms with Gasteiger partial charge in [0.15, 0.2) is 11.6 Å². The molecule has 0 bridgehead atoms. The van der Waals surface area contributed by atoms with Gasteiger partial charge in [-0.05, 0) is 37.0 Å². The van der Waals surface area contributed by atoms with Crippen molar-refractivity contribution < 1.29 is 14.3 Å². The van der Waals surface area contributed by atoms with E-state index in [1.165, 1.54) is 11.6 Å². The highest BCUT2D eigenvalue weighted by Crippen LogP contribution is 2.17. The topological polar surface area (TPSA) is 65.5 Å². The van der Waals surface area contributed by atoms with E-state index in [4.69, 9.17) is 9.90 Å². The second kappa shape index (κ2) is 10.4. The number of nitrogens with one attached hydrogen (secondary N) is 1. The fourth-order valence-electron chi connectivity index (χ4n) is 2.92. The molecule has 1 aromatic carbocycles. The first-order valence-corrected chi connectivity index (χ1v) is 8.44. The number of carbonyl (C=O) groups is 1. The van der Waals surface area contributed by atoms with Crippen LogP contribution in [0.2, 0.25) is 0 Å². The molecule has 1 aliphatic heterocycles. The zero-order valence-corrected chi connectivity index (χ0v) is 14.1. The number of rotatable bonds is 5. The fourth-order valence-corrected chi connectivity index (χ4v) is 2.92. The molecule has 25 heavy (non-hydrogen) atoms. The van der Waals surface area contributed by atoms with Crippen LogP contribution in [0.15, 0.2) is 48.7 Å². The summed E-state index contributed by atoms with van der Waals surface area (Å²) in [6.07, 6.45) is 4.78. The quantitative estimate of drug-likeness (QED) is 0.816. The minimum atomic E-state index is -0.269. The molecule has 0 unspecified atom stereocenters. The summed E-state index contributed by atoms with van der Waals surface area (Å²) >= 11 is 0. The van der Waals surface area contributed by atoms with E-state index in [9.17, 15) is 4.39 Å². The highest BCUT2D eigenvalue weighted by atomic mass is 19.1. The Morgan fingerprint density at radius 3 is 2.52 bits per heavy atom. The number of piperidine rings is 1. The molecule has 2 heterocycles. The van der Waals surface area contributed by atoms with Crippen LogP contribution in [0, 0.1) is 5.82 Å². The molecule has 6 heteroatoms. The molecule has 0 atom stereocenters. The summed E-state index contributed by atoms with van der Waals surface area (Å²) in [6.45, 7) is 2.95. The number of hydrogen-bond acceptors (Lipinski definition) is 4. The Balaban J connectivity index is 0.000000701. The van der Waals surface area contributed by atoms with Crippen molar-refractivity contribution in [1.82, 2.24) is 9.88 Å². The maximum Gasteiger partial charge on any atom is 0.290 e. The smallest absolute Gasteiger partial charge is 0.290 e. The number of carboxylic acid groups (broad SMARTS) is 1. The van der Waals surface area contributed by atoms with Crippen LogP contribution in [0.1, 0.15) is 18.4 Å². The third-order valence-electron chi connectivity index (χ3n) is 4.25. The number of hydrogen-bond donors (Lipinski definition) is 2. The molecule has 2 N–H and O–H groups in total. The van der Waals surface area contributed by atoms with Crippen LogP contribution in [0.25, 0.3) is 0 Å². The van der Waals surface area contributed by atoms with Gasteiger partial charge in [0.1, 0.15) is 0 Å². The summed E-state index contributed by atoms with van der Waals surface area (Å²) in [5.74, 6) is 0.110. The van der Waals surface area contributed by atoms with E-state index in [1.807, 2.05) is 0 Å². The highest BCUT2D eigenvalue weighted by Gasteiger charge is 2.19. The summed E-state index contributed by atoms with van der Waals surface area (Å²) in [4.78, 5) is 14.9. The van der Waals surface area contributed by atoms with Crippen molar-refractivity contribution in [2.45, 2.75) is 25.3 Å². The van der Waals surface area contributed by atoms with Crippen molar-refractivity contribution in [3.05, 3.63) is 60.0 Å². The van der Waals surface area contributed by atoms with Gasteiger partial charge in [0.05, 0.1) is 0 Å². The summed E-state index contributed by atoms with van der Waals surface area (Å²) in [5.41, 5.74) is 1.39. The monoisotopic (exact) mass is 345 g/mol. The zero-order valence-electron chi connectivity index (χ0n) is 14.1. The molecule has 5 nitrogen and oxygen atoms in total. The van der Waals surface area contributed by atoms with E-state index in [1.54, 1.807) is 12.3 Å². The van der Waals surface area contributed by atoms with Gasteiger partial charge in [-0.3, -0.25) is 4.79 Å². The molecule has 1 aromatic heterocycles. The molecule has 1 saturated heterocycles. The lowest BCUT2D eigenvalue weighted by molar-refractivity contribution is -0.122. The molecular formula is C19H24FN3O2. The summed E-state index contributed by atoms with van der Waals surface area (Å²) in [6, 6.07) is 14.0. The second-order valence-corrected chi connectivity index (χ2v) is 5.94. The van der Waals surface area contributed by atoms with Crippen LogP contribution in [0.5, 0.6) is 0 Å². The molecule has 1 aliphatic rings. The van der Waals surface area contributed by atoms with Gasteiger partial charge in [-0.1, -0.05) is 30.3 Å². The number of pyridine rings is 1. The third kappa shape index (κ3) is 6.51. The summed E-state index contributed by atoms with van der Waals surface area (Å²) < 4.78 is 13.6. The molecule has 0 saturated carbocycles. The highest BCUT2D eigenvalue weighted by molar-refractivity contribution is 5.36. The molecule has 0 amide bonds. The minimum Gasteiger partial charge on any atom is -0.483 e. The molecule has 3 rings (SSSR count). The molecule has 1 fully saturated rings. The standard InChI is InChI=1S/C18H22FN3.CH2O2/c19-17-7-4-11-20-18(17)21-16-9-13-22(14-10-16)12-8-15-5-2-1-3-6-15;2-1-3/h1-7,11,16H,8-10,12-14H2,(H,20,21);1H,(H,2,3). The Labute approximate surface area is 147 Å². The average Bonchev–Trinajstić information content (AvgIpc) is 2.65. The van der Waals surface area contributed by atoms with Crippen molar-refractivity contribution >= 4 is 12.3 Å². The van der Waals surface area contributed by atoms with E-state index in [2.05, 4.69) is 45.5 Å². The summed E-state index contributed by atoms with van der Waals surface area (Å²) in [5, 5.41) is 10.1. The molecular weight excluding hydrogens is 321 g/mol. The predicted molar refractivity (Wildman–Crippen MR) is 96.1 cm³/mol. The second-order valence-electron chi connectivity index (χ2n) is 5.94. The normalized spacial score (nSPS) is 15.1. The number of nitrogens with zero attached hydrogens (tertiary/aromatic N) is 2. The van der Waals surface area contributed by atoms with Gasteiger partial charge in [0.25, 0.3) is 6.47 Å². The van der Waals surface area contributed by atoms with Crippen LogP contribution < -0.4 is 5.32 Å². The first-order valence-electron chi connectivity index (χ1n) is 8.44. The maximum absolute atomic E-state index is 13.6. The number of likely N-dealkylation sites (tertiary alicyclic amines) is 1. The van der Waals surface area contributed by atoms with E-state index in [0.29, 0.717) is 11.9 Å². The van der Waals surface area contributed by atoms with Gasteiger partial charge < -0.3 is 15.3 Å². The number of halogens is 1. The Bertz CT molecular complexity index is 632. The van der Waals surface area contributed by atoms with Crippen molar-refractivity contribution in [1.29, 1.82) is 0 Å². The average molecular weight is 345 g/mol. The number of anilines is 1. The van der Waals surface area contributed by atoms with Gasteiger partial charge >= 0.3 is 0 Å². The first-order chi connectivity index (χ1) is 12.2. The van der Waals surface area contributed by atoms with Gasteiger partial charge in [0, 0.05) is 31.9 Å². The Morgan fingerprint density at radius 1 is 1.20 bits per heavy atom. The van der Waals surface area contributed by atoms with E-state index >= 15 is 0 Å². The Morgan fingerprint density at radius 2 is 1.88 bits per heavy atom. The van der Waals surface area contributed by atoms with Gasteiger partial charge in [-0.2, -0.15) is 0 Å². The molecule has 134 valence electrons. The Hall–Kier alpha value is -2.47. The van der Waals surface area contributed by atoms with E-state index in [-0.39, 0.29) is 12.3 Å². The van der Waals surface area contributed by atoms with Crippen LogP contribution >= 0.6 is 0 Å². The fraction of sp³-hybridized carbons (Fsp3) is 0.368. The van der Waals surface area contributed by atoms with Crippen molar-refractivity contribution in [2.75, 3.05) is 25.0 Å². The van der Waals surface area contributed by atoms with Crippen LogP contribution in [-0.4, -0.2) is 47.1 Å². The van der Waals surface area contributed by atoms with Gasteiger partial charge in [-0.25, -0.2) is 9.37 Å². The number of benzene rings is 1. The largest absolute Gasteiger partial charge is 0.483 e. The van der Waals surface area contributed by atoms with Crippen LogP contribution in [0.4, 0.5) is 10.2 Å². The van der Waals surface area contributed by atoms with E-state index in [0.717, 1.165) is 38.9 Å². The van der Waals surface area contributed by atoms with Crippen molar-refractivity contribution in [2.24, 2.45) is 0 Å². The molecule has 0 radical (unpaired) electrons. The molecule has 2 aromatic rings. The number of aromatic nitrogens is 1. The minimum absolute atomic E-state index is 0.250. The Kier molecular flexibility index (Phi) is 7.85. The summed E-state index contributed by atoms with van der Waals surface area (Å²) in [7, 11) is 0. The molecule has 0 aliphatic carbocycles. The van der Waals surface area contributed by atoms with Crippen molar-refractivity contribution in [3.63, 3.8) is 0 Å². The van der Waals surface area contributed by atoms with E-state index < -0.39 is 0 Å². The maximum atomic E-state index is 13.6. The van der Waals surface area contributed by atoms with Crippen molar-refractivity contribution in [3.8, 4) is 0 Å². The lowest BCUT2D eigenvalue weighted by atomic mass is 10.0. The lowest BCUT2D eigenvalue weighted by Crippen LogP contribution is -2.40. The van der Waals surface area contributed by atoms with Gasteiger partial charge in [-0.15, -0.1) is 0 Å². The molecule has 0 spiro atoms. The van der Waals surface area contributed by atoms with Gasteiger partial charge in [0.2, 0.25) is 0 Å². The van der Waals surface area contributed by atoms with Crippen LogP contribution in [-0.2, 0) is 11.2 Å². The first kappa shape index (κ1) is 18.9. The SMILES string of the molecule is Fc1cccnc1NC1CCN(CCc2ccccc2)CC1.O=CO. The third-order valence-corrected chi connectivity index (χ3v) is 4.25.